The number of aromatic nitrogens is 2. The van der Waals surface area contributed by atoms with Crippen molar-refractivity contribution in [1.82, 2.24) is 9.97 Å². The number of rotatable bonds is 2. The zero-order chi connectivity index (χ0) is 6.53. The SMILES string of the molecule is NCSc1ncccn1. The van der Waals surface area contributed by atoms with Crippen LogP contribution in [-0.4, -0.2) is 15.8 Å². The van der Waals surface area contributed by atoms with Gasteiger partial charge >= 0.3 is 0 Å². The Balaban J connectivity index is 2.61. The molecule has 48 valence electrons. The second-order valence-electron chi connectivity index (χ2n) is 1.34. The lowest BCUT2D eigenvalue weighted by atomic mass is 10.7. The van der Waals surface area contributed by atoms with Crippen molar-refractivity contribution in [3.05, 3.63) is 18.5 Å². The van der Waals surface area contributed by atoms with Crippen molar-refractivity contribution in [2.24, 2.45) is 5.73 Å². The highest BCUT2D eigenvalue weighted by Gasteiger charge is 1.88. The third-order valence-electron chi connectivity index (χ3n) is 0.755. The van der Waals surface area contributed by atoms with Crippen LogP contribution in [0.3, 0.4) is 0 Å². The lowest BCUT2D eigenvalue weighted by molar-refractivity contribution is 0.966. The van der Waals surface area contributed by atoms with E-state index in [1.807, 2.05) is 0 Å². The van der Waals surface area contributed by atoms with Gasteiger partial charge in [-0.2, -0.15) is 0 Å². The molecule has 0 aliphatic carbocycles. The Morgan fingerprint density at radius 2 is 2.11 bits per heavy atom. The van der Waals surface area contributed by atoms with Gasteiger partial charge in [0.15, 0.2) is 5.16 Å². The average Bonchev–Trinajstić information content (AvgIpc) is 1.91. The van der Waals surface area contributed by atoms with Gasteiger partial charge in [0, 0.05) is 18.3 Å². The van der Waals surface area contributed by atoms with Crippen LogP contribution in [0, 0.1) is 0 Å². The van der Waals surface area contributed by atoms with E-state index in [1.165, 1.54) is 11.8 Å². The molecule has 0 bridgehead atoms. The van der Waals surface area contributed by atoms with E-state index >= 15 is 0 Å². The van der Waals surface area contributed by atoms with Gasteiger partial charge in [-0.15, -0.1) is 0 Å². The van der Waals surface area contributed by atoms with E-state index in [0.717, 1.165) is 5.16 Å². The van der Waals surface area contributed by atoms with Crippen molar-refractivity contribution in [3.63, 3.8) is 0 Å². The summed E-state index contributed by atoms with van der Waals surface area (Å²) in [6.07, 6.45) is 3.40. The van der Waals surface area contributed by atoms with Crippen LogP contribution < -0.4 is 5.73 Å². The van der Waals surface area contributed by atoms with Gasteiger partial charge in [0.1, 0.15) is 0 Å². The largest absolute Gasteiger partial charge is 0.322 e. The van der Waals surface area contributed by atoms with E-state index in [9.17, 15) is 0 Å². The molecule has 0 atom stereocenters. The van der Waals surface area contributed by atoms with E-state index in [-0.39, 0.29) is 0 Å². The first-order valence-corrected chi connectivity index (χ1v) is 3.52. The highest BCUT2D eigenvalue weighted by atomic mass is 32.2. The van der Waals surface area contributed by atoms with Gasteiger partial charge in [0.2, 0.25) is 0 Å². The number of nitrogens with two attached hydrogens (primary N) is 1. The molecule has 0 fully saturated rings. The lowest BCUT2D eigenvalue weighted by Gasteiger charge is -1.91. The van der Waals surface area contributed by atoms with Gasteiger partial charge in [0.05, 0.1) is 0 Å². The maximum atomic E-state index is 5.24. The Bertz CT molecular complexity index is 165. The first-order valence-electron chi connectivity index (χ1n) is 2.53. The third kappa shape index (κ3) is 1.99. The summed E-state index contributed by atoms with van der Waals surface area (Å²) >= 11 is 1.43. The number of hydrogen-bond donors (Lipinski definition) is 1. The van der Waals surface area contributed by atoms with Gasteiger partial charge in [-0.05, 0) is 6.07 Å². The Morgan fingerprint density at radius 1 is 1.44 bits per heavy atom. The van der Waals surface area contributed by atoms with Crippen LogP contribution in [0.1, 0.15) is 0 Å². The summed E-state index contributed by atoms with van der Waals surface area (Å²) < 4.78 is 0. The van der Waals surface area contributed by atoms with Gasteiger partial charge in [-0.3, -0.25) is 0 Å². The van der Waals surface area contributed by atoms with E-state index in [1.54, 1.807) is 18.5 Å². The summed E-state index contributed by atoms with van der Waals surface area (Å²) in [5.74, 6) is 0.532. The number of nitrogens with zero attached hydrogens (tertiary/aromatic N) is 2. The molecule has 1 aromatic rings. The molecule has 1 heterocycles. The predicted molar refractivity (Wildman–Crippen MR) is 36.9 cm³/mol. The topological polar surface area (TPSA) is 51.8 Å². The minimum Gasteiger partial charge on any atom is -0.322 e. The molecule has 0 unspecified atom stereocenters. The van der Waals surface area contributed by atoms with Gasteiger partial charge < -0.3 is 5.73 Å². The Hall–Kier alpha value is -0.610. The molecule has 1 aromatic heterocycles. The highest BCUT2D eigenvalue weighted by molar-refractivity contribution is 7.99. The second-order valence-corrected chi connectivity index (χ2v) is 2.33. The van der Waals surface area contributed by atoms with Crippen molar-refractivity contribution in [1.29, 1.82) is 0 Å². The summed E-state index contributed by atoms with van der Waals surface area (Å²) in [7, 11) is 0. The van der Waals surface area contributed by atoms with Crippen LogP contribution in [0.5, 0.6) is 0 Å². The minimum atomic E-state index is 0.532. The number of thioether (sulfide) groups is 1. The fourth-order valence-corrected chi connectivity index (χ4v) is 0.854. The molecule has 3 nitrogen and oxygen atoms in total. The standard InChI is InChI=1S/C5H7N3S/c6-4-9-5-7-2-1-3-8-5/h1-3H,4,6H2. The van der Waals surface area contributed by atoms with E-state index in [2.05, 4.69) is 9.97 Å². The van der Waals surface area contributed by atoms with Crippen LogP contribution >= 0.6 is 11.8 Å². The molecule has 2 N–H and O–H groups in total. The number of hydrogen-bond acceptors (Lipinski definition) is 4. The molecule has 0 aliphatic heterocycles. The molecule has 0 saturated heterocycles. The quantitative estimate of drug-likeness (QED) is 0.370. The van der Waals surface area contributed by atoms with Crippen LogP contribution in [0.25, 0.3) is 0 Å². The van der Waals surface area contributed by atoms with E-state index in [4.69, 9.17) is 5.73 Å². The van der Waals surface area contributed by atoms with Crippen molar-refractivity contribution < 1.29 is 0 Å². The normalized spacial score (nSPS) is 9.44. The van der Waals surface area contributed by atoms with Crippen molar-refractivity contribution in [3.8, 4) is 0 Å². The molecule has 0 spiro atoms. The fourth-order valence-electron chi connectivity index (χ4n) is 0.434. The van der Waals surface area contributed by atoms with Crippen molar-refractivity contribution in [2.75, 3.05) is 5.88 Å². The second kappa shape index (κ2) is 3.42. The summed E-state index contributed by atoms with van der Waals surface area (Å²) in [6, 6.07) is 1.78. The molecule has 0 aromatic carbocycles. The molecule has 0 aliphatic rings. The van der Waals surface area contributed by atoms with Gasteiger partial charge in [0.25, 0.3) is 0 Å². The Labute approximate surface area is 57.7 Å². The zero-order valence-corrected chi connectivity index (χ0v) is 5.64. The van der Waals surface area contributed by atoms with Crippen molar-refractivity contribution >= 4 is 11.8 Å². The summed E-state index contributed by atoms with van der Waals surface area (Å²) in [4.78, 5) is 7.88. The Morgan fingerprint density at radius 3 is 2.67 bits per heavy atom. The van der Waals surface area contributed by atoms with E-state index in [0.29, 0.717) is 5.88 Å². The smallest absolute Gasteiger partial charge is 0.188 e. The molecule has 0 saturated carbocycles. The maximum absolute atomic E-state index is 5.24. The predicted octanol–water partition coefficient (Wildman–Crippen LogP) is 0.485. The fraction of sp³-hybridized carbons (Fsp3) is 0.200. The molecule has 1 rings (SSSR count). The monoisotopic (exact) mass is 141 g/mol. The minimum absolute atomic E-state index is 0.532. The maximum Gasteiger partial charge on any atom is 0.188 e. The lowest BCUT2D eigenvalue weighted by Crippen LogP contribution is -1.94. The highest BCUT2D eigenvalue weighted by Crippen LogP contribution is 2.06. The molecular weight excluding hydrogens is 134 g/mol. The summed E-state index contributed by atoms with van der Waals surface area (Å²) in [5, 5.41) is 0.736. The van der Waals surface area contributed by atoms with Gasteiger partial charge in [-0.25, -0.2) is 9.97 Å². The van der Waals surface area contributed by atoms with Crippen LogP contribution in [0.4, 0.5) is 0 Å². The van der Waals surface area contributed by atoms with Crippen LogP contribution in [0.15, 0.2) is 23.6 Å². The van der Waals surface area contributed by atoms with Gasteiger partial charge in [-0.1, -0.05) is 11.8 Å². The first kappa shape index (κ1) is 6.51. The van der Waals surface area contributed by atoms with Crippen molar-refractivity contribution in [2.45, 2.75) is 5.16 Å². The third-order valence-corrected chi connectivity index (χ3v) is 1.39. The molecular formula is C5H7N3S. The average molecular weight is 141 g/mol. The molecule has 0 amide bonds. The summed E-state index contributed by atoms with van der Waals surface area (Å²) in [6.45, 7) is 0. The summed E-state index contributed by atoms with van der Waals surface area (Å²) in [5.41, 5.74) is 5.24. The molecule has 4 heteroatoms. The van der Waals surface area contributed by atoms with E-state index < -0.39 is 0 Å². The molecule has 0 radical (unpaired) electrons. The first-order chi connectivity index (χ1) is 4.43. The Kier molecular flexibility index (Phi) is 2.48. The zero-order valence-electron chi connectivity index (χ0n) is 4.82. The van der Waals surface area contributed by atoms with Crippen LogP contribution in [-0.2, 0) is 0 Å². The molecule has 9 heavy (non-hydrogen) atoms. The van der Waals surface area contributed by atoms with Crippen LogP contribution in [0.2, 0.25) is 0 Å².